The maximum atomic E-state index is 13.5. The number of aromatic nitrogens is 5. The van der Waals surface area contributed by atoms with Crippen LogP contribution in [0.4, 0.5) is 22.9 Å². The van der Waals surface area contributed by atoms with E-state index in [1.807, 2.05) is 27.7 Å². The summed E-state index contributed by atoms with van der Waals surface area (Å²) in [6.07, 6.45) is 6.64. The molecule has 1 aliphatic carbocycles. The third-order valence-electron chi connectivity index (χ3n) is 13.5. The molecular formula is C47H48N14O6. The number of hydrogen-bond acceptors (Lipinski definition) is 15. The molecule has 0 radical (unpaired) electrons. The number of benzene rings is 2. The maximum absolute atomic E-state index is 13.5. The minimum atomic E-state index is -1.06. The molecule has 5 aliphatic rings. The van der Waals surface area contributed by atoms with Crippen LogP contribution in [0.2, 0.25) is 0 Å². The van der Waals surface area contributed by atoms with E-state index in [2.05, 4.69) is 63.1 Å². The van der Waals surface area contributed by atoms with Crippen molar-refractivity contribution in [2.75, 3.05) is 67.9 Å². The van der Waals surface area contributed by atoms with Crippen molar-refractivity contribution in [3.8, 4) is 6.07 Å². The van der Waals surface area contributed by atoms with Crippen molar-refractivity contribution in [2.45, 2.75) is 56.7 Å². The molecule has 4 fully saturated rings. The average Bonchev–Trinajstić information content (AvgIpc) is 3.88. The van der Waals surface area contributed by atoms with Gasteiger partial charge in [-0.15, -0.1) is 0 Å². The molecule has 4 N–H and O–H groups in total. The largest absolute Gasteiger partial charge is 0.375 e. The number of rotatable bonds is 12. The topological polar surface area (TPSA) is 244 Å². The van der Waals surface area contributed by atoms with Crippen LogP contribution in [0.5, 0.6) is 0 Å². The zero-order chi connectivity index (χ0) is 46.2. The van der Waals surface area contributed by atoms with Gasteiger partial charge in [0.15, 0.2) is 17.0 Å². The molecule has 342 valence electrons. The lowest BCUT2D eigenvalue weighted by Crippen LogP contribution is -2.54. The molecule has 0 unspecified atom stereocenters. The molecule has 2 aromatic carbocycles. The molecule has 0 bridgehead atoms. The Hall–Kier alpha value is -7.79. The first-order chi connectivity index (χ1) is 32.6. The van der Waals surface area contributed by atoms with Crippen molar-refractivity contribution < 1.29 is 28.8 Å². The van der Waals surface area contributed by atoms with Gasteiger partial charge in [-0.2, -0.15) is 5.26 Å². The van der Waals surface area contributed by atoms with Gasteiger partial charge in [-0.3, -0.25) is 43.9 Å². The molecule has 1 atom stereocenters. The SMILES string of the molecule is N#Cc1cccc(C(=O)NC2CC(n3cnc4c(Nc5ccc(N6CCN(CC7CCN(C(=O)CNc8cccc9c8C(=O)N([C@H]8CCC(=O)NC8=O)C9=O)CC7)CC6)cc5)ncnc43)C2)n1. The standard InChI is InChI=1S/C47H48N14O6/c48-23-30-3-1-6-36(53-30)44(64)55-31-21-33(22-31)60-27-52-41-42(50-26-51-43(41)60)54-29-7-9-32(10-8-29)58-19-17-57(18-20-58)25-28-13-15-59(16-14-28)39(63)24-49-35-5-2-4-34-40(35)47(67)61(46(34)66)37-11-12-38(62)56-45(37)65/h1-10,26-28,31,33,37,49H,11-22,24-25H2,(H,55,64)(H,50,51,54)(H,56,62,65)/t31?,33?,37-/m0/s1. The monoisotopic (exact) mass is 904 g/mol. The van der Waals surface area contributed by atoms with Crippen molar-refractivity contribution in [1.29, 1.82) is 5.26 Å². The van der Waals surface area contributed by atoms with E-state index >= 15 is 0 Å². The van der Waals surface area contributed by atoms with Crippen LogP contribution in [-0.2, 0) is 14.4 Å². The number of piperazine rings is 1. The second kappa shape index (κ2) is 18.2. The van der Waals surface area contributed by atoms with E-state index in [0.29, 0.717) is 54.5 Å². The van der Waals surface area contributed by atoms with Crippen molar-refractivity contribution >= 4 is 69.5 Å². The second-order valence-corrected chi connectivity index (χ2v) is 17.7. The van der Waals surface area contributed by atoms with Gasteiger partial charge in [-0.05, 0) is 86.6 Å². The van der Waals surface area contributed by atoms with Crippen LogP contribution in [-0.4, -0.2) is 139 Å². The van der Waals surface area contributed by atoms with Crippen molar-refractivity contribution in [3.05, 3.63) is 95.8 Å². The minimum absolute atomic E-state index is 0.0247. The number of carbonyl (C=O) groups excluding carboxylic acids is 6. The molecule has 20 heteroatoms. The fourth-order valence-corrected chi connectivity index (χ4v) is 9.78. The Kier molecular flexibility index (Phi) is 11.7. The van der Waals surface area contributed by atoms with Crippen LogP contribution in [0.3, 0.4) is 0 Å². The number of carbonyl (C=O) groups is 6. The van der Waals surface area contributed by atoms with Gasteiger partial charge in [0.05, 0.1) is 24.0 Å². The fourth-order valence-electron chi connectivity index (χ4n) is 9.78. The average molecular weight is 905 g/mol. The lowest BCUT2D eigenvalue weighted by molar-refractivity contribution is -0.136. The summed E-state index contributed by atoms with van der Waals surface area (Å²) >= 11 is 0. The minimum Gasteiger partial charge on any atom is -0.375 e. The zero-order valence-corrected chi connectivity index (χ0v) is 36.6. The van der Waals surface area contributed by atoms with Gasteiger partial charge in [0.2, 0.25) is 17.7 Å². The van der Waals surface area contributed by atoms with E-state index in [-0.39, 0.29) is 65.8 Å². The fraction of sp³-hybridized carbons (Fsp3) is 0.383. The Labute approximate surface area is 384 Å². The highest BCUT2D eigenvalue weighted by Crippen LogP contribution is 2.36. The highest BCUT2D eigenvalue weighted by molar-refractivity contribution is 6.25. The van der Waals surface area contributed by atoms with Crippen LogP contribution >= 0.6 is 0 Å². The molecule has 1 saturated carbocycles. The Morgan fingerprint density at radius 2 is 1.63 bits per heavy atom. The van der Waals surface area contributed by atoms with Crippen LogP contribution in [0.15, 0.2) is 73.3 Å². The molecule has 4 aliphatic heterocycles. The number of amides is 6. The van der Waals surface area contributed by atoms with E-state index in [9.17, 15) is 28.8 Å². The van der Waals surface area contributed by atoms with Crippen LogP contribution in [0, 0.1) is 17.2 Å². The van der Waals surface area contributed by atoms with Gasteiger partial charge >= 0.3 is 0 Å². The van der Waals surface area contributed by atoms with E-state index in [0.717, 1.165) is 61.8 Å². The first kappa shape index (κ1) is 43.1. The Morgan fingerprint density at radius 1 is 0.851 bits per heavy atom. The predicted molar refractivity (Wildman–Crippen MR) is 243 cm³/mol. The van der Waals surface area contributed by atoms with Crippen LogP contribution in [0.25, 0.3) is 11.2 Å². The molecule has 67 heavy (non-hydrogen) atoms. The van der Waals surface area contributed by atoms with Crippen molar-refractivity contribution in [3.63, 3.8) is 0 Å². The summed E-state index contributed by atoms with van der Waals surface area (Å²) in [7, 11) is 0. The number of imidazole rings is 1. The normalized spacial score (nSPS) is 21.1. The van der Waals surface area contributed by atoms with Crippen LogP contribution in [0.1, 0.15) is 81.5 Å². The summed E-state index contributed by atoms with van der Waals surface area (Å²) in [6, 6.07) is 18.9. The number of nitrogens with zero attached hydrogens (tertiary/aromatic N) is 10. The summed E-state index contributed by atoms with van der Waals surface area (Å²) in [4.78, 5) is 102. The van der Waals surface area contributed by atoms with Gasteiger partial charge in [-0.1, -0.05) is 12.1 Å². The van der Waals surface area contributed by atoms with Crippen LogP contribution < -0.4 is 26.2 Å². The number of hydrogen-bond donors (Lipinski definition) is 4. The predicted octanol–water partition coefficient (Wildman–Crippen LogP) is 2.84. The smallest absolute Gasteiger partial charge is 0.270 e. The number of piperidine rings is 2. The maximum Gasteiger partial charge on any atom is 0.270 e. The third kappa shape index (κ3) is 8.72. The number of nitrogens with one attached hydrogen (secondary N) is 4. The molecule has 5 aromatic rings. The number of fused-ring (bicyclic) bond motifs is 2. The summed E-state index contributed by atoms with van der Waals surface area (Å²) in [5, 5.41) is 20.8. The number of imide groups is 2. The molecule has 3 aromatic heterocycles. The lowest BCUT2D eigenvalue weighted by atomic mass is 9.86. The number of pyridine rings is 1. The number of likely N-dealkylation sites (tertiary alicyclic amines) is 1. The highest BCUT2D eigenvalue weighted by Gasteiger charge is 2.46. The number of nitriles is 1. The molecule has 0 spiro atoms. The van der Waals surface area contributed by atoms with Gasteiger partial charge in [0.25, 0.3) is 17.7 Å². The Bertz CT molecular complexity index is 2820. The van der Waals surface area contributed by atoms with Gasteiger partial charge in [0.1, 0.15) is 29.8 Å². The molecule has 7 heterocycles. The number of anilines is 4. The quantitative estimate of drug-likeness (QED) is 0.132. The van der Waals surface area contributed by atoms with E-state index in [1.165, 1.54) is 12.4 Å². The van der Waals surface area contributed by atoms with Crippen molar-refractivity contribution in [1.82, 2.24) is 49.8 Å². The summed E-state index contributed by atoms with van der Waals surface area (Å²) in [5.74, 6) is -1.61. The lowest BCUT2D eigenvalue weighted by Gasteiger charge is -2.39. The summed E-state index contributed by atoms with van der Waals surface area (Å²) < 4.78 is 2.03. The van der Waals surface area contributed by atoms with Gasteiger partial charge in [0, 0.05) is 81.4 Å². The molecular weight excluding hydrogens is 857 g/mol. The van der Waals surface area contributed by atoms with Crippen molar-refractivity contribution in [2.24, 2.45) is 5.92 Å². The molecule has 10 rings (SSSR count). The van der Waals surface area contributed by atoms with E-state index < -0.39 is 29.7 Å². The van der Waals surface area contributed by atoms with Gasteiger partial charge < -0.3 is 30.3 Å². The second-order valence-electron chi connectivity index (χ2n) is 17.7. The molecule has 6 amide bonds. The third-order valence-corrected chi connectivity index (χ3v) is 13.5. The Morgan fingerprint density at radius 3 is 2.39 bits per heavy atom. The zero-order valence-electron chi connectivity index (χ0n) is 36.6. The van der Waals surface area contributed by atoms with E-state index in [1.54, 1.807) is 36.7 Å². The van der Waals surface area contributed by atoms with E-state index in [4.69, 9.17) is 5.26 Å². The summed E-state index contributed by atoms with van der Waals surface area (Å²) in [6.45, 7) is 5.91. The summed E-state index contributed by atoms with van der Waals surface area (Å²) in [5.41, 5.74) is 4.49. The highest BCUT2D eigenvalue weighted by atomic mass is 16.2. The molecule has 3 saturated heterocycles. The van der Waals surface area contributed by atoms with Gasteiger partial charge in [-0.25, -0.2) is 19.9 Å². The Balaban J connectivity index is 0.656. The first-order valence-electron chi connectivity index (χ1n) is 22.7. The molecule has 20 nitrogen and oxygen atoms in total. The first-order valence-corrected chi connectivity index (χ1v) is 22.7.